The third kappa shape index (κ3) is 5.01. The number of carbonyl (C=O) groups is 2. The number of ether oxygens (including phenoxy) is 4. The van der Waals surface area contributed by atoms with Crippen molar-refractivity contribution in [1.29, 1.82) is 0 Å². The summed E-state index contributed by atoms with van der Waals surface area (Å²) in [5, 5.41) is 5.71. The van der Waals surface area contributed by atoms with Crippen molar-refractivity contribution in [1.82, 2.24) is 5.32 Å². The first-order valence-electron chi connectivity index (χ1n) is 10.4. The van der Waals surface area contributed by atoms with E-state index in [1.165, 1.54) is 0 Å². The molecule has 0 fully saturated rings. The first-order chi connectivity index (χ1) is 16.1. The van der Waals surface area contributed by atoms with Crippen LogP contribution in [0.4, 0.5) is 5.69 Å². The van der Waals surface area contributed by atoms with E-state index in [1.54, 1.807) is 56.7 Å². The summed E-state index contributed by atoms with van der Waals surface area (Å²) in [7, 11) is 3.17. The van der Waals surface area contributed by atoms with Crippen LogP contribution in [0, 0.1) is 0 Å². The number of methoxy groups -OCH3 is 2. The fourth-order valence-electron chi connectivity index (χ4n) is 3.47. The van der Waals surface area contributed by atoms with E-state index in [9.17, 15) is 9.59 Å². The summed E-state index contributed by atoms with van der Waals surface area (Å²) in [6, 6.07) is 17.4. The second-order valence-corrected chi connectivity index (χ2v) is 7.26. The van der Waals surface area contributed by atoms with Gasteiger partial charge in [-0.25, -0.2) is 0 Å². The molecule has 0 atom stereocenters. The van der Waals surface area contributed by atoms with Crippen LogP contribution in [0.1, 0.15) is 26.3 Å². The third-order valence-electron chi connectivity index (χ3n) is 5.20. The number of hydrogen-bond acceptors (Lipinski definition) is 6. The van der Waals surface area contributed by atoms with Crippen molar-refractivity contribution >= 4 is 17.5 Å². The number of amides is 2. The van der Waals surface area contributed by atoms with Gasteiger partial charge in [-0.2, -0.15) is 0 Å². The summed E-state index contributed by atoms with van der Waals surface area (Å²) >= 11 is 0. The highest BCUT2D eigenvalue weighted by Crippen LogP contribution is 2.33. The first-order valence-corrected chi connectivity index (χ1v) is 10.4. The maximum absolute atomic E-state index is 12.8. The van der Waals surface area contributed by atoms with Gasteiger partial charge in [-0.15, -0.1) is 0 Å². The molecule has 1 heterocycles. The number of para-hydroxylation sites is 1. The van der Waals surface area contributed by atoms with Crippen molar-refractivity contribution in [3.63, 3.8) is 0 Å². The Kier molecular flexibility index (Phi) is 6.64. The smallest absolute Gasteiger partial charge is 0.255 e. The predicted octanol–water partition coefficient (Wildman–Crippen LogP) is 3.66. The standard InChI is InChI=1S/C25H24N2O6/c1-30-20-9-7-16(13-22(20)31-2)11-12-26-25(29)18-5-3-4-6-19(18)27-24(28)17-8-10-21-23(14-17)33-15-32-21/h3-10,13-14H,11-12,15H2,1-2H3,(H,26,29)(H,27,28). The van der Waals surface area contributed by atoms with E-state index in [1.807, 2.05) is 18.2 Å². The van der Waals surface area contributed by atoms with Crippen LogP contribution in [0.5, 0.6) is 23.0 Å². The molecule has 4 rings (SSSR count). The van der Waals surface area contributed by atoms with Crippen LogP contribution in [0.2, 0.25) is 0 Å². The molecule has 0 aliphatic carbocycles. The Morgan fingerprint density at radius 3 is 2.48 bits per heavy atom. The van der Waals surface area contributed by atoms with E-state index in [-0.39, 0.29) is 18.6 Å². The van der Waals surface area contributed by atoms with Crippen molar-refractivity contribution in [2.45, 2.75) is 6.42 Å². The lowest BCUT2D eigenvalue weighted by Crippen LogP contribution is -2.27. The highest BCUT2D eigenvalue weighted by atomic mass is 16.7. The average Bonchev–Trinajstić information content (AvgIpc) is 3.32. The minimum Gasteiger partial charge on any atom is -0.493 e. The Morgan fingerprint density at radius 2 is 1.67 bits per heavy atom. The van der Waals surface area contributed by atoms with Crippen LogP contribution in [0.3, 0.4) is 0 Å². The van der Waals surface area contributed by atoms with Crippen molar-refractivity contribution in [2.24, 2.45) is 0 Å². The Hall–Kier alpha value is -4.20. The van der Waals surface area contributed by atoms with Crippen molar-refractivity contribution in [3.8, 4) is 23.0 Å². The van der Waals surface area contributed by atoms with E-state index >= 15 is 0 Å². The SMILES string of the molecule is COc1ccc(CCNC(=O)c2ccccc2NC(=O)c2ccc3c(c2)OCO3)cc1OC. The molecule has 8 heteroatoms. The molecule has 0 bridgehead atoms. The molecule has 0 unspecified atom stereocenters. The lowest BCUT2D eigenvalue weighted by molar-refractivity contribution is 0.0955. The maximum atomic E-state index is 12.8. The van der Waals surface area contributed by atoms with Crippen LogP contribution < -0.4 is 29.6 Å². The summed E-state index contributed by atoms with van der Waals surface area (Å²) in [5.74, 6) is 1.77. The van der Waals surface area contributed by atoms with Crippen LogP contribution in [-0.4, -0.2) is 39.4 Å². The van der Waals surface area contributed by atoms with Crippen LogP contribution in [0.15, 0.2) is 60.7 Å². The molecule has 2 N–H and O–H groups in total. The first kappa shape index (κ1) is 22.0. The fourth-order valence-corrected chi connectivity index (χ4v) is 3.47. The lowest BCUT2D eigenvalue weighted by Gasteiger charge is -2.12. The molecule has 0 spiro atoms. The number of hydrogen-bond donors (Lipinski definition) is 2. The zero-order valence-corrected chi connectivity index (χ0v) is 18.3. The fraction of sp³-hybridized carbons (Fsp3) is 0.200. The Bertz CT molecular complexity index is 1180. The van der Waals surface area contributed by atoms with Gasteiger partial charge in [0.15, 0.2) is 23.0 Å². The molecule has 0 saturated carbocycles. The van der Waals surface area contributed by atoms with Crippen molar-refractivity contribution < 1.29 is 28.5 Å². The van der Waals surface area contributed by atoms with Gasteiger partial charge >= 0.3 is 0 Å². The van der Waals surface area contributed by atoms with Gasteiger partial charge in [-0.05, 0) is 54.4 Å². The number of fused-ring (bicyclic) bond motifs is 1. The molecule has 1 aliphatic rings. The summed E-state index contributed by atoms with van der Waals surface area (Å²) in [6.45, 7) is 0.547. The molecular formula is C25H24N2O6. The topological polar surface area (TPSA) is 95.1 Å². The molecule has 2 amide bonds. The van der Waals surface area contributed by atoms with Gasteiger partial charge < -0.3 is 29.6 Å². The van der Waals surface area contributed by atoms with Crippen molar-refractivity contribution in [2.75, 3.05) is 32.9 Å². The van der Waals surface area contributed by atoms with Gasteiger partial charge in [-0.1, -0.05) is 18.2 Å². The second-order valence-electron chi connectivity index (χ2n) is 7.26. The number of rotatable bonds is 8. The monoisotopic (exact) mass is 448 g/mol. The lowest BCUT2D eigenvalue weighted by atomic mass is 10.1. The van der Waals surface area contributed by atoms with Crippen LogP contribution in [-0.2, 0) is 6.42 Å². The van der Waals surface area contributed by atoms with Gasteiger partial charge in [0, 0.05) is 12.1 Å². The van der Waals surface area contributed by atoms with Gasteiger partial charge in [-0.3, -0.25) is 9.59 Å². The summed E-state index contributed by atoms with van der Waals surface area (Å²) in [4.78, 5) is 25.5. The summed E-state index contributed by atoms with van der Waals surface area (Å²) < 4.78 is 21.2. The quantitative estimate of drug-likeness (QED) is 0.546. The molecule has 0 radical (unpaired) electrons. The molecule has 0 aromatic heterocycles. The summed E-state index contributed by atoms with van der Waals surface area (Å²) in [5.41, 5.74) is 2.20. The molecule has 33 heavy (non-hydrogen) atoms. The van der Waals surface area contributed by atoms with E-state index in [2.05, 4.69) is 10.6 Å². The van der Waals surface area contributed by atoms with Gasteiger partial charge in [0.05, 0.1) is 25.5 Å². The predicted molar refractivity (Wildman–Crippen MR) is 123 cm³/mol. The summed E-state index contributed by atoms with van der Waals surface area (Å²) in [6.07, 6.45) is 0.609. The van der Waals surface area contributed by atoms with Gasteiger partial charge in [0.2, 0.25) is 6.79 Å². The highest BCUT2D eigenvalue weighted by molar-refractivity contribution is 6.09. The average molecular weight is 448 g/mol. The van der Waals surface area contributed by atoms with E-state index < -0.39 is 0 Å². The molecule has 3 aromatic carbocycles. The van der Waals surface area contributed by atoms with Crippen LogP contribution in [0.25, 0.3) is 0 Å². The Morgan fingerprint density at radius 1 is 0.879 bits per heavy atom. The second kappa shape index (κ2) is 9.95. The Balaban J connectivity index is 1.39. The number of benzene rings is 3. The normalized spacial score (nSPS) is 11.6. The minimum atomic E-state index is -0.348. The number of anilines is 1. The van der Waals surface area contributed by atoms with E-state index in [0.29, 0.717) is 52.8 Å². The van der Waals surface area contributed by atoms with Crippen LogP contribution >= 0.6 is 0 Å². The molecule has 1 aliphatic heterocycles. The Labute approximate surface area is 191 Å². The maximum Gasteiger partial charge on any atom is 0.255 e. The number of carbonyl (C=O) groups excluding carboxylic acids is 2. The van der Waals surface area contributed by atoms with Crippen molar-refractivity contribution in [3.05, 3.63) is 77.4 Å². The number of nitrogens with one attached hydrogen (secondary N) is 2. The van der Waals surface area contributed by atoms with E-state index in [0.717, 1.165) is 5.56 Å². The third-order valence-corrected chi connectivity index (χ3v) is 5.20. The zero-order chi connectivity index (χ0) is 23.2. The van der Waals surface area contributed by atoms with Gasteiger partial charge in [0.25, 0.3) is 11.8 Å². The van der Waals surface area contributed by atoms with Gasteiger partial charge in [0.1, 0.15) is 0 Å². The molecule has 170 valence electrons. The zero-order valence-electron chi connectivity index (χ0n) is 18.3. The molecule has 0 saturated heterocycles. The molecular weight excluding hydrogens is 424 g/mol. The minimum absolute atomic E-state index is 0.132. The highest BCUT2D eigenvalue weighted by Gasteiger charge is 2.18. The molecule has 3 aromatic rings. The largest absolute Gasteiger partial charge is 0.493 e. The molecule has 8 nitrogen and oxygen atoms in total. The van der Waals surface area contributed by atoms with E-state index in [4.69, 9.17) is 18.9 Å².